The molecule has 1 N–H and O–H groups in total. The first-order valence-electron chi connectivity index (χ1n) is 11.1. The lowest BCUT2D eigenvalue weighted by Gasteiger charge is -2.37. The summed E-state index contributed by atoms with van der Waals surface area (Å²) in [6.07, 6.45) is 1.04. The van der Waals surface area contributed by atoms with Crippen LogP contribution in [0.1, 0.15) is 29.8 Å². The summed E-state index contributed by atoms with van der Waals surface area (Å²) in [5.74, 6) is 1.49. The number of hydrogen-bond donors (Lipinski definition) is 1. The number of hydrogen-bond acceptors (Lipinski definition) is 7. The van der Waals surface area contributed by atoms with Crippen LogP contribution in [0.15, 0.2) is 35.7 Å². The van der Waals surface area contributed by atoms with Crippen LogP contribution in [-0.4, -0.2) is 80.5 Å². The zero-order valence-corrected chi connectivity index (χ0v) is 20.0. The maximum atomic E-state index is 13.4. The van der Waals surface area contributed by atoms with Gasteiger partial charge in [0.2, 0.25) is 5.91 Å². The Labute approximate surface area is 194 Å². The Balaban J connectivity index is 1.72. The minimum Gasteiger partial charge on any atom is -0.497 e. The van der Waals surface area contributed by atoms with E-state index in [4.69, 9.17) is 14.2 Å². The van der Waals surface area contributed by atoms with Crippen molar-refractivity contribution in [2.45, 2.75) is 31.9 Å². The number of ether oxygens (including phenoxy) is 3. The van der Waals surface area contributed by atoms with Crippen LogP contribution < -0.4 is 9.47 Å². The normalized spacial score (nSPS) is 16.7. The maximum absolute atomic E-state index is 13.4. The van der Waals surface area contributed by atoms with E-state index < -0.39 is 6.10 Å². The van der Waals surface area contributed by atoms with Crippen LogP contribution >= 0.6 is 11.3 Å². The molecule has 0 radical (unpaired) electrons. The van der Waals surface area contributed by atoms with Gasteiger partial charge < -0.3 is 24.2 Å². The Bertz CT molecular complexity index is 858. The predicted molar refractivity (Wildman–Crippen MR) is 126 cm³/mol. The Morgan fingerprint density at radius 2 is 2.12 bits per heavy atom. The maximum Gasteiger partial charge on any atom is 0.237 e. The van der Waals surface area contributed by atoms with Crippen molar-refractivity contribution in [2.75, 3.05) is 53.6 Å². The van der Waals surface area contributed by atoms with Crippen LogP contribution in [0.4, 0.5) is 0 Å². The molecule has 1 aliphatic heterocycles. The fourth-order valence-corrected chi connectivity index (χ4v) is 4.83. The molecule has 2 aromatic rings. The monoisotopic (exact) mass is 462 g/mol. The molecule has 1 amide bonds. The zero-order valence-electron chi connectivity index (χ0n) is 19.2. The van der Waals surface area contributed by atoms with Crippen LogP contribution in [0.5, 0.6) is 11.5 Å². The van der Waals surface area contributed by atoms with Crippen molar-refractivity contribution in [2.24, 2.45) is 0 Å². The molecule has 1 aromatic carbocycles. The summed E-state index contributed by atoms with van der Waals surface area (Å²) < 4.78 is 16.6. The fraction of sp³-hybridized carbons (Fsp3) is 0.542. The summed E-state index contributed by atoms with van der Waals surface area (Å²) in [5.41, 5.74) is 1.16. The minimum atomic E-state index is -0.461. The second-order valence-electron chi connectivity index (χ2n) is 7.93. The van der Waals surface area contributed by atoms with E-state index in [1.807, 2.05) is 41.0 Å². The zero-order chi connectivity index (χ0) is 22.9. The van der Waals surface area contributed by atoms with Gasteiger partial charge in [-0.15, -0.1) is 11.3 Å². The molecular formula is C24H34N2O5S. The summed E-state index contributed by atoms with van der Waals surface area (Å²) in [5, 5.41) is 12.2. The van der Waals surface area contributed by atoms with E-state index in [0.29, 0.717) is 45.0 Å². The van der Waals surface area contributed by atoms with Gasteiger partial charge in [0.15, 0.2) is 0 Å². The standard InChI is InChI=1S/C24H34N2O5S/c1-4-18(27)15-25(11-12-29-2)16-24(28)26-10-8-23-21(9-13-32-23)22(26)17-31-20-7-5-6-19(14-20)30-3/h5-7,9,13-14,18,22,27H,4,8,10-12,15-17H2,1-3H3/t18-,22-/m0/s1. The molecule has 0 saturated heterocycles. The third kappa shape index (κ3) is 6.45. The molecule has 2 heterocycles. The van der Waals surface area contributed by atoms with E-state index in [1.54, 1.807) is 25.6 Å². The van der Waals surface area contributed by atoms with Crippen molar-refractivity contribution in [1.29, 1.82) is 0 Å². The van der Waals surface area contributed by atoms with Crippen LogP contribution in [0, 0.1) is 0 Å². The molecule has 32 heavy (non-hydrogen) atoms. The van der Waals surface area contributed by atoms with Crippen LogP contribution in [0.2, 0.25) is 0 Å². The number of methoxy groups -OCH3 is 2. The number of aliphatic hydroxyl groups is 1. The summed E-state index contributed by atoms with van der Waals surface area (Å²) in [7, 11) is 3.27. The van der Waals surface area contributed by atoms with E-state index in [0.717, 1.165) is 17.7 Å². The molecule has 176 valence electrons. The lowest BCUT2D eigenvalue weighted by Crippen LogP contribution is -2.48. The average Bonchev–Trinajstić information content (AvgIpc) is 3.30. The number of amides is 1. The van der Waals surface area contributed by atoms with Gasteiger partial charge in [0, 0.05) is 37.7 Å². The molecule has 0 aliphatic carbocycles. The molecule has 7 nitrogen and oxygen atoms in total. The van der Waals surface area contributed by atoms with Crippen molar-refractivity contribution in [3.63, 3.8) is 0 Å². The van der Waals surface area contributed by atoms with Gasteiger partial charge >= 0.3 is 0 Å². The molecule has 0 spiro atoms. The molecule has 1 aliphatic rings. The fourth-order valence-electron chi connectivity index (χ4n) is 3.91. The van der Waals surface area contributed by atoms with Crippen LogP contribution in [0.3, 0.4) is 0 Å². The third-order valence-corrected chi connectivity index (χ3v) is 6.77. The Kier molecular flexibility index (Phi) is 9.35. The molecule has 1 aromatic heterocycles. The number of nitrogens with zero attached hydrogens (tertiary/aromatic N) is 2. The van der Waals surface area contributed by atoms with Crippen molar-refractivity contribution < 1.29 is 24.1 Å². The second-order valence-corrected chi connectivity index (χ2v) is 8.93. The van der Waals surface area contributed by atoms with Gasteiger partial charge in [0.1, 0.15) is 18.1 Å². The quantitative estimate of drug-likeness (QED) is 0.523. The summed E-state index contributed by atoms with van der Waals surface area (Å²) >= 11 is 1.73. The number of thiophene rings is 1. The highest BCUT2D eigenvalue weighted by Crippen LogP contribution is 2.34. The lowest BCUT2D eigenvalue weighted by atomic mass is 10.0. The number of carbonyl (C=O) groups excluding carboxylic acids is 1. The Morgan fingerprint density at radius 3 is 2.88 bits per heavy atom. The topological polar surface area (TPSA) is 71.5 Å². The number of aliphatic hydroxyl groups excluding tert-OH is 1. The lowest BCUT2D eigenvalue weighted by molar-refractivity contribution is -0.136. The smallest absolute Gasteiger partial charge is 0.237 e. The predicted octanol–water partition coefficient (Wildman–Crippen LogP) is 2.98. The molecule has 2 atom stereocenters. The highest BCUT2D eigenvalue weighted by Gasteiger charge is 2.33. The van der Waals surface area contributed by atoms with E-state index in [2.05, 4.69) is 11.4 Å². The summed E-state index contributed by atoms with van der Waals surface area (Å²) in [6.45, 7) is 4.78. The first kappa shape index (κ1) is 24.5. The van der Waals surface area contributed by atoms with Crippen LogP contribution in [-0.2, 0) is 16.0 Å². The SMILES string of the molecule is CC[C@H](O)CN(CCOC)CC(=O)N1CCc2sccc2[C@@H]1COc1cccc(OC)c1. The molecular weight excluding hydrogens is 428 g/mol. The Morgan fingerprint density at radius 1 is 1.31 bits per heavy atom. The van der Waals surface area contributed by atoms with E-state index in [9.17, 15) is 9.90 Å². The Hall–Kier alpha value is -2.13. The molecule has 0 unspecified atom stereocenters. The average molecular weight is 463 g/mol. The van der Waals surface area contributed by atoms with Gasteiger partial charge in [-0.05, 0) is 42.0 Å². The summed E-state index contributed by atoms with van der Waals surface area (Å²) in [6, 6.07) is 9.46. The van der Waals surface area contributed by atoms with Gasteiger partial charge in [-0.3, -0.25) is 9.69 Å². The third-order valence-electron chi connectivity index (χ3n) is 5.77. The number of carbonyl (C=O) groups is 1. The van der Waals surface area contributed by atoms with Crippen LogP contribution in [0.25, 0.3) is 0 Å². The van der Waals surface area contributed by atoms with Crippen molar-refractivity contribution in [1.82, 2.24) is 9.80 Å². The molecule has 0 saturated carbocycles. The molecule has 0 bridgehead atoms. The first-order chi connectivity index (χ1) is 15.5. The van der Waals surface area contributed by atoms with Gasteiger partial charge in [-0.1, -0.05) is 13.0 Å². The van der Waals surface area contributed by atoms with Gasteiger partial charge in [0.05, 0.1) is 32.4 Å². The summed E-state index contributed by atoms with van der Waals surface area (Å²) in [4.78, 5) is 18.6. The largest absolute Gasteiger partial charge is 0.497 e. The number of fused-ring (bicyclic) bond motifs is 1. The van der Waals surface area contributed by atoms with Gasteiger partial charge in [-0.2, -0.15) is 0 Å². The van der Waals surface area contributed by atoms with E-state index >= 15 is 0 Å². The first-order valence-corrected chi connectivity index (χ1v) is 12.0. The van der Waals surface area contributed by atoms with E-state index in [1.165, 1.54) is 4.88 Å². The number of benzene rings is 1. The highest BCUT2D eigenvalue weighted by molar-refractivity contribution is 7.10. The van der Waals surface area contributed by atoms with Crippen molar-refractivity contribution in [3.05, 3.63) is 46.2 Å². The highest BCUT2D eigenvalue weighted by atomic mass is 32.1. The van der Waals surface area contributed by atoms with Crippen molar-refractivity contribution in [3.8, 4) is 11.5 Å². The van der Waals surface area contributed by atoms with Gasteiger partial charge in [-0.25, -0.2) is 0 Å². The number of rotatable bonds is 12. The van der Waals surface area contributed by atoms with Gasteiger partial charge in [0.25, 0.3) is 0 Å². The van der Waals surface area contributed by atoms with E-state index in [-0.39, 0.29) is 18.5 Å². The molecule has 8 heteroatoms. The minimum absolute atomic E-state index is 0.0421. The molecule has 0 fully saturated rings. The molecule has 3 rings (SSSR count). The second kappa shape index (κ2) is 12.2. The van der Waals surface area contributed by atoms with Crippen molar-refractivity contribution >= 4 is 17.2 Å².